The molecule has 0 fully saturated rings. The maximum absolute atomic E-state index is 11.4. The van der Waals surface area contributed by atoms with Gasteiger partial charge in [-0.3, -0.25) is 0 Å². The second-order valence-electron chi connectivity index (χ2n) is 2.89. The third-order valence-corrected chi connectivity index (χ3v) is 2.01. The van der Waals surface area contributed by atoms with Gasteiger partial charge in [0, 0.05) is 0 Å². The van der Waals surface area contributed by atoms with Crippen LogP contribution in [0.15, 0.2) is 24.3 Å². The number of fused-ring (bicyclic) bond motifs is 1. The number of hydrogen-bond donors (Lipinski definition) is 1. The second-order valence-corrected chi connectivity index (χ2v) is 2.89. The first-order chi connectivity index (χ1) is 6.31. The maximum atomic E-state index is 11.4. The summed E-state index contributed by atoms with van der Waals surface area (Å²) in [7, 11) is 0. The molecule has 1 N–H and O–H groups in total. The van der Waals surface area contributed by atoms with E-state index < -0.39 is 0 Å². The standard InChI is InChI=1S/C10H10N2O/c1-2-9-11-8-6-4-3-5-7(8)10(13)12-9/h3-6H,2H2,1H3,(H,11,13)/q+1. The fourth-order valence-electron chi connectivity index (χ4n) is 1.31. The molecule has 0 saturated carbocycles. The van der Waals surface area contributed by atoms with Crippen LogP contribution in [0.25, 0.3) is 0 Å². The van der Waals surface area contributed by atoms with Crippen LogP contribution in [0.4, 0.5) is 5.69 Å². The van der Waals surface area contributed by atoms with Crippen molar-refractivity contribution in [3.63, 3.8) is 0 Å². The molecule has 0 unspecified atom stereocenters. The molecule has 1 aliphatic heterocycles. The quantitative estimate of drug-likeness (QED) is 0.699. The normalized spacial score (nSPS) is 14.5. The number of para-hydroxylation sites is 1. The highest BCUT2D eigenvalue weighted by Gasteiger charge is 2.26. The number of amides is 1. The van der Waals surface area contributed by atoms with E-state index in [4.69, 9.17) is 0 Å². The Balaban J connectivity index is 2.46. The third kappa shape index (κ3) is 1.33. The topological polar surface area (TPSA) is 43.2 Å². The third-order valence-electron chi connectivity index (χ3n) is 2.01. The van der Waals surface area contributed by atoms with Crippen LogP contribution in [0, 0.1) is 0 Å². The van der Waals surface area contributed by atoms with Crippen LogP contribution < -0.4 is 10.3 Å². The van der Waals surface area contributed by atoms with Crippen LogP contribution in [-0.2, 0) is 0 Å². The van der Waals surface area contributed by atoms with Gasteiger partial charge < -0.3 is 0 Å². The van der Waals surface area contributed by atoms with Gasteiger partial charge >= 0.3 is 11.7 Å². The zero-order chi connectivity index (χ0) is 9.26. The predicted molar refractivity (Wildman–Crippen MR) is 51.8 cm³/mol. The molecule has 0 spiro atoms. The molecule has 1 aliphatic rings. The van der Waals surface area contributed by atoms with Crippen molar-refractivity contribution in [2.75, 3.05) is 5.32 Å². The van der Waals surface area contributed by atoms with Gasteiger partial charge in [0.15, 0.2) is 0 Å². The SMILES string of the molecule is CCC1=[N+]C(=O)c2ccccc2N1. The van der Waals surface area contributed by atoms with Crippen molar-refractivity contribution in [3.05, 3.63) is 29.8 Å². The Morgan fingerprint density at radius 3 is 2.92 bits per heavy atom. The summed E-state index contributed by atoms with van der Waals surface area (Å²) in [5.41, 5.74) is 1.51. The lowest BCUT2D eigenvalue weighted by Gasteiger charge is -2.05. The van der Waals surface area contributed by atoms with Gasteiger partial charge in [-0.1, -0.05) is 19.1 Å². The number of nitrogens with zero attached hydrogens (tertiary/aromatic N) is 1. The van der Waals surface area contributed by atoms with Crippen molar-refractivity contribution >= 4 is 17.4 Å². The van der Waals surface area contributed by atoms with Gasteiger partial charge in [0.05, 0.1) is 6.42 Å². The molecule has 1 radical (unpaired) electrons. The largest absolute Gasteiger partial charge is 0.386 e. The molecule has 1 amide bonds. The first-order valence-electron chi connectivity index (χ1n) is 4.29. The Bertz CT molecular complexity index is 382. The molecule has 3 heteroatoms. The lowest BCUT2D eigenvalue weighted by molar-refractivity contribution is 0.0982. The Morgan fingerprint density at radius 2 is 2.15 bits per heavy atom. The van der Waals surface area contributed by atoms with Gasteiger partial charge in [0.2, 0.25) is 0 Å². The Labute approximate surface area is 76.5 Å². The Kier molecular flexibility index (Phi) is 1.85. The Hall–Kier alpha value is -1.64. The summed E-state index contributed by atoms with van der Waals surface area (Å²) in [5.74, 6) is 0.593. The molecule has 0 aliphatic carbocycles. The van der Waals surface area contributed by atoms with Crippen LogP contribution in [0.1, 0.15) is 23.7 Å². The summed E-state index contributed by atoms with van der Waals surface area (Å²) in [6.07, 6.45) is 0.750. The highest BCUT2D eigenvalue weighted by Crippen LogP contribution is 2.17. The van der Waals surface area contributed by atoms with Crippen LogP contribution >= 0.6 is 0 Å². The number of amidine groups is 1. The van der Waals surface area contributed by atoms with Crippen LogP contribution in [0.3, 0.4) is 0 Å². The number of carbonyl (C=O) groups is 1. The van der Waals surface area contributed by atoms with Crippen molar-refractivity contribution in [2.45, 2.75) is 13.3 Å². The Morgan fingerprint density at radius 1 is 1.38 bits per heavy atom. The van der Waals surface area contributed by atoms with Crippen LogP contribution in [0.2, 0.25) is 0 Å². The van der Waals surface area contributed by atoms with Gasteiger partial charge in [-0.15, -0.1) is 0 Å². The number of nitrogens with one attached hydrogen (secondary N) is 1. The van der Waals surface area contributed by atoms with E-state index in [9.17, 15) is 4.79 Å². The molecular weight excluding hydrogens is 164 g/mol. The molecule has 1 aromatic carbocycles. The summed E-state index contributed by atoms with van der Waals surface area (Å²) >= 11 is 0. The highest BCUT2D eigenvalue weighted by molar-refractivity contribution is 6.13. The minimum absolute atomic E-state index is 0.147. The number of anilines is 1. The average Bonchev–Trinajstić information content (AvgIpc) is 2.18. The summed E-state index contributed by atoms with van der Waals surface area (Å²) in [4.78, 5) is 15.3. The number of benzene rings is 1. The molecule has 3 nitrogen and oxygen atoms in total. The van der Waals surface area contributed by atoms with Gasteiger partial charge in [-0.25, -0.2) is 10.1 Å². The van der Waals surface area contributed by atoms with Gasteiger partial charge in [0.25, 0.3) is 0 Å². The number of hydrogen-bond acceptors (Lipinski definition) is 2. The van der Waals surface area contributed by atoms with Gasteiger partial charge in [-0.05, 0) is 17.1 Å². The van der Waals surface area contributed by atoms with Crippen molar-refractivity contribution in [1.29, 1.82) is 0 Å². The summed E-state index contributed by atoms with van der Waals surface area (Å²) in [6, 6.07) is 7.40. The minimum Gasteiger partial charge on any atom is -0.240 e. The first kappa shape index (κ1) is 7.98. The highest BCUT2D eigenvalue weighted by atomic mass is 16.1. The van der Waals surface area contributed by atoms with Crippen molar-refractivity contribution < 1.29 is 4.79 Å². The average molecular weight is 174 g/mol. The molecule has 0 aromatic heterocycles. The maximum Gasteiger partial charge on any atom is 0.386 e. The van der Waals surface area contributed by atoms with Crippen molar-refractivity contribution in [1.82, 2.24) is 4.99 Å². The lowest BCUT2D eigenvalue weighted by Crippen LogP contribution is -2.28. The van der Waals surface area contributed by atoms with Crippen LogP contribution in [-0.4, -0.2) is 11.7 Å². The zero-order valence-corrected chi connectivity index (χ0v) is 7.37. The van der Waals surface area contributed by atoms with E-state index in [1.165, 1.54) is 0 Å². The molecule has 0 atom stereocenters. The summed E-state index contributed by atoms with van der Waals surface area (Å²) < 4.78 is 0. The molecule has 65 valence electrons. The molecule has 2 rings (SSSR count). The van der Waals surface area contributed by atoms with E-state index in [-0.39, 0.29) is 5.91 Å². The monoisotopic (exact) mass is 174 g/mol. The summed E-state index contributed by atoms with van der Waals surface area (Å²) in [6.45, 7) is 1.97. The molecule has 0 bridgehead atoms. The zero-order valence-electron chi connectivity index (χ0n) is 7.37. The fraction of sp³-hybridized carbons (Fsp3) is 0.200. The van der Waals surface area contributed by atoms with E-state index in [1.807, 2.05) is 25.1 Å². The van der Waals surface area contributed by atoms with E-state index >= 15 is 0 Å². The van der Waals surface area contributed by atoms with E-state index in [1.54, 1.807) is 6.07 Å². The predicted octanol–water partition coefficient (Wildman–Crippen LogP) is 1.40. The van der Waals surface area contributed by atoms with E-state index in [0.717, 1.165) is 17.9 Å². The van der Waals surface area contributed by atoms with E-state index in [0.29, 0.717) is 5.56 Å². The smallest absolute Gasteiger partial charge is 0.240 e. The van der Waals surface area contributed by atoms with Gasteiger partial charge in [-0.2, -0.15) is 0 Å². The minimum atomic E-state index is -0.147. The molecule has 1 aromatic rings. The summed E-state index contributed by atoms with van der Waals surface area (Å²) in [5, 5.41) is 3.11. The van der Waals surface area contributed by atoms with Crippen LogP contribution in [0.5, 0.6) is 0 Å². The number of aliphatic imine (C=N–C) groups is 1. The number of carbonyl (C=O) groups excluding carboxylic acids is 1. The molecular formula is C10H10N2O+. The van der Waals surface area contributed by atoms with E-state index in [2.05, 4.69) is 10.3 Å². The second kappa shape index (κ2) is 3.01. The van der Waals surface area contributed by atoms with Gasteiger partial charge in [0.1, 0.15) is 11.3 Å². The van der Waals surface area contributed by atoms with Crippen molar-refractivity contribution in [2.24, 2.45) is 0 Å². The number of rotatable bonds is 1. The molecule has 1 heterocycles. The molecule has 13 heavy (non-hydrogen) atoms. The molecule has 0 saturated heterocycles. The first-order valence-corrected chi connectivity index (χ1v) is 4.29. The van der Waals surface area contributed by atoms with Crippen molar-refractivity contribution in [3.8, 4) is 0 Å². The lowest BCUT2D eigenvalue weighted by atomic mass is 10.1. The fourth-order valence-corrected chi connectivity index (χ4v) is 1.31.